The van der Waals surface area contributed by atoms with Gasteiger partial charge in [0.1, 0.15) is 12.4 Å². The summed E-state index contributed by atoms with van der Waals surface area (Å²) in [7, 11) is 0. The van der Waals surface area contributed by atoms with E-state index in [2.05, 4.69) is 21.1 Å². The smallest absolute Gasteiger partial charge is 0.124 e. The van der Waals surface area contributed by atoms with E-state index in [0.29, 0.717) is 6.61 Å². The average molecular weight is 352 g/mol. The molecule has 3 nitrogen and oxygen atoms in total. The minimum atomic E-state index is 0.556. The SMILES string of the molecule is ON=C1CCCc2c(OCc3sccc3Br)cccc21. The van der Waals surface area contributed by atoms with Crippen LogP contribution >= 0.6 is 27.3 Å². The van der Waals surface area contributed by atoms with Gasteiger partial charge in [-0.05, 0) is 52.7 Å². The first-order valence-corrected chi connectivity index (χ1v) is 8.14. The van der Waals surface area contributed by atoms with Gasteiger partial charge in [0.05, 0.1) is 10.6 Å². The number of hydrogen-bond acceptors (Lipinski definition) is 4. The lowest BCUT2D eigenvalue weighted by molar-refractivity contribution is 0.304. The summed E-state index contributed by atoms with van der Waals surface area (Å²) in [5, 5.41) is 14.5. The quantitative estimate of drug-likeness (QED) is 0.648. The summed E-state index contributed by atoms with van der Waals surface area (Å²) in [4.78, 5) is 1.18. The third kappa shape index (κ3) is 2.60. The summed E-state index contributed by atoms with van der Waals surface area (Å²) in [6, 6.07) is 7.96. The molecule has 0 aliphatic heterocycles. The van der Waals surface area contributed by atoms with E-state index >= 15 is 0 Å². The molecule has 0 amide bonds. The zero-order valence-corrected chi connectivity index (χ0v) is 13.2. The molecular weight excluding hydrogens is 338 g/mol. The zero-order valence-electron chi connectivity index (χ0n) is 10.8. The predicted octanol–water partition coefficient (Wildman–Crippen LogP) is 4.60. The molecule has 1 aliphatic carbocycles. The summed E-state index contributed by atoms with van der Waals surface area (Å²) in [6.07, 6.45) is 2.79. The fourth-order valence-electron chi connectivity index (χ4n) is 2.47. The van der Waals surface area contributed by atoms with Gasteiger partial charge >= 0.3 is 0 Å². The van der Waals surface area contributed by atoms with E-state index in [1.807, 2.05) is 29.6 Å². The molecule has 0 atom stereocenters. The van der Waals surface area contributed by atoms with Crippen LogP contribution in [0.25, 0.3) is 0 Å². The first-order chi connectivity index (χ1) is 9.79. The molecule has 0 saturated heterocycles. The molecule has 3 rings (SSSR count). The second-order valence-electron chi connectivity index (χ2n) is 4.66. The van der Waals surface area contributed by atoms with Gasteiger partial charge in [0.15, 0.2) is 0 Å². The second-order valence-corrected chi connectivity index (χ2v) is 6.52. The fourth-order valence-corrected chi connectivity index (χ4v) is 3.85. The van der Waals surface area contributed by atoms with Crippen molar-refractivity contribution in [3.8, 4) is 5.75 Å². The van der Waals surface area contributed by atoms with Crippen LogP contribution < -0.4 is 4.74 Å². The Bertz CT molecular complexity index is 651. The van der Waals surface area contributed by atoms with Crippen LogP contribution in [0.3, 0.4) is 0 Å². The monoisotopic (exact) mass is 351 g/mol. The van der Waals surface area contributed by atoms with Gasteiger partial charge in [-0.1, -0.05) is 17.3 Å². The van der Waals surface area contributed by atoms with Crippen molar-refractivity contribution < 1.29 is 9.94 Å². The largest absolute Gasteiger partial charge is 0.488 e. The fraction of sp³-hybridized carbons (Fsp3) is 0.267. The van der Waals surface area contributed by atoms with Crippen LogP contribution in [0.15, 0.2) is 39.3 Å². The summed E-state index contributed by atoms with van der Waals surface area (Å²) in [5.41, 5.74) is 2.93. The summed E-state index contributed by atoms with van der Waals surface area (Å²) in [5.74, 6) is 0.892. The summed E-state index contributed by atoms with van der Waals surface area (Å²) >= 11 is 5.19. The van der Waals surface area contributed by atoms with E-state index in [4.69, 9.17) is 9.94 Å². The van der Waals surface area contributed by atoms with Gasteiger partial charge in [-0.25, -0.2) is 0 Å². The predicted molar refractivity (Wildman–Crippen MR) is 84.1 cm³/mol. The molecule has 1 N–H and O–H groups in total. The molecule has 1 aromatic carbocycles. The first-order valence-electron chi connectivity index (χ1n) is 6.47. The minimum Gasteiger partial charge on any atom is -0.488 e. The number of rotatable bonds is 3. The molecule has 0 bridgehead atoms. The van der Waals surface area contributed by atoms with Crippen LogP contribution in [0.1, 0.15) is 28.8 Å². The Morgan fingerprint density at radius 2 is 2.20 bits per heavy atom. The van der Waals surface area contributed by atoms with Crippen molar-refractivity contribution in [1.29, 1.82) is 0 Å². The van der Waals surface area contributed by atoms with Gasteiger partial charge in [0.2, 0.25) is 0 Å². The Hall–Kier alpha value is -1.33. The van der Waals surface area contributed by atoms with Crippen molar-refractivity contribution in [2.24, 2.45) is 5.16 Å². The van der Waals surface area contributed by atoms with Crippen LogP contribution in [0.4, 0.5) is 0 Å². The van der Waals surface area contributed by atoms with Gasteiger partial charge in [0.25, 0.3) is 0 Å². The van der Waals surface area contributed by atoms with Crippen molar-refractivity contribution >= 4 is 33.0 Å². The maximum absolute atomic E-state index is 9.09. The maximum atomic E-state index is 9.09. The first kappa shape index (κ1) is 13.6. The molecule has 104 valence electrons. The molecule has 1 aromatic heterocycles. The highest BCUT2D eigenvalue weighted by Gasteiger charge is 2.19. The van der Waals surface area contributed by atoms with Gasteiger partial charge < -0.3 is 9.94 Å². The Morgan fingerprint density at radius 1 is 1.30 bits per heavy atom. The average Bonchev–Trinajstić information content (AvgIpc) is 2.89. The molecule has 0 radical (unpaired) electrons. The minimum absolute atomic E-state index is 0.556. The molecule has 20 heavy (non-hydrogen) atoms. The lowest BCUT2D eigenvalue weighted by atomic mass is 9.89. The molecule has 1 heterocycles. The number of ether oxygens (including phenoxy) is 1. The van der Waals surface area contributed by atoms with Gasteiger partial charge in [0, 0.05) is 15.6 Å². The molecule has 0 fully saturated rings. The summed E-state index contributed by atoms with van der Waals surface area (Å²) in [6.45, 7) is 0.556. The normalized spacial score (nSPS) is 16.1. The van der Waals surface area contributed by atoms with Gasteiger partial charge in [-0.2, -0.15) is 0 Å². The zero-order chi connectivity index (χ0) is 13.9. The van der Waals surface area contributed by atoms with Crippen LogP contribution in [0, 0.1) is 0 Å². The third-order valence-electron chi connectivity index (χ3n) is 3.45. The number of benzene rings is 1. The molecule has 0 unspecified atom stereocenters. The van der Waals surface area contributed by atoms with Crippen LogP contribution in [0.2, 0.25) is 0 Å². The number of nitrogens with zero attached hydrogens (tertiary/aromatic N) is 1. The molecule has 2 aromatic rings. The van der Waals surface area contributed by atoms with Crippen LogP contribution in [-0.4, -0.2) is 10.9 Å². The van der Waals surface area contributed by atoms with E-state index in [1.54, 1.807) is 11.3 Å². The van der Waals surface area contributed by atoms with Crippen molar-refractivity contribution in [1.82, 2.24) is 0 Å². The Kier molecular flexibility index (Phi) is 4.08. The van der Waals surface area contributed by atoms with Crippen LogP contribution in [-0.2, 0) is 13.0 Å². The summed E-state index contributed by atoms with van der Waals surface area (Å²) < 4.78 is 7.05. The van der Waals surface area contributed by atoms with Crippen molar-refractivity contribution in [3.05, 3.63) is 50.1 Å². The Balaban J connectivity index is 1.86. The molecule has 5 heteroatoms. The van der Waals surface area contributed by atoms with E-state index in [-0.39, 0.29) is 0 Å². The lowest BCUT2D eigenvalue weighted by Crippen LogP contribution is -2.13. The third-order valence-corrected chi connectivity index (χ3v) is 5.35. The van der Waals surface area contributed by atoms with Crippen molar-refractivity contribution in [3.63, 3.8) is 0 Å². The molecule has 0 spiro atoms. The highest BCUT2D eigenvalue weighted by atomic mass is 79.9. The highest BCUT2D eigenvalue weighted by molar-refractivity contribution is 9.10. The number of oxime groups is 1. The second kappa shape index (κ2) is 5.97. The van der Waals surface area contributed by atoms with E-state index in [9.17, 15) is 0 Å². The number of halogens is 1. The van der Waals surface area contributed by atoms with Crippen molar-refractivity contribution in [2.45, 2.75) is 25.9 Å². The Labute approximate surface area is 130 Å². The standard InChI is InChI=1S/C15H14BrNO2S/c16-12-7-8-20-15(12)9-19-14-6-2-3-10-11(14)4-1-5-13(10)17-18/h2-3,6-8,18H,1,4-5,9H2. The molecule has 1 aliphatic rings. The highest BCUT2D eigenvalue weighted by Crippen LogP contribution is 2.31. The number of hydrogen-bond donors (Lipinski definition) is 1. The van der Waals surface area contributed by atoms with Crippen molar-refractivity contribution in [2.75, 3.05) is 0 Å². The number of fused-ring (bicyclic) bond motifs is 1. The topological polar surface area (TPSA) is 41.8 Å². The Morgan fingerprint density at radius 3 is 2.95 bits per heavy atom. The molecule has 0 saturated carbocycles. The number of thiophene rings is 1. The van der Waals surface area contributed by atoms with E-state index in [1.165, 1.54) is 4.88 Å². The molecular formula is C15H14BrNO2S. The maximum Gasteiger partial charge on any atom is 0.124 e. The van der Waals surface area contributed by atoms with E-state index in [0.717, 1.165) is 46.3 Å². The van der Waals surface area contributed by atoms with Gasteiger partial charge in [-0.15, -0.1) is 11.3 Å². The van der Waals surface area contributed by atoms with Gasteiger partial charge in [-0.3, -0.25) is 0 Å². The van der Waals surface area contributed by atoms with Crippen LogP contribution in [0.5, 0.6) is 5.75 Å². The van der Waals surface area contributed by atoms with E-state index < -0.39 is 0 Å². The lowest BCUT2D eigenvalue weighted by Gasteiger charge is -2.20.